The molecule has 0 aromatic heterocycles. The molecule has 1 aromatic carbocycles. The van der Waals surface area contributed by atoms with E-state index >= 15 is 0 Å². The number of rotatable bonds is 2. The first-order valence-corrected chi connectivity index (χ1v) is 5.67. The summed E-state index contributed by atoms with van der Waals surface area (Å²) in [6, 6.07) is 5.99. The van der Waals surface area contributed by atoms with Gasteiger partial charge in [0, 0.05) is 12.3 Å². The summed E-state index contributed by atoms with van der Waals surface area (Å²) in [5.41, 5.74) is 3.10. The summed E-state index contributed by atoms with van der Waals surface area (Å²) >= 11 is 0. The second-order valence-corrected chi connectivity index (χ2v) is 4.26. The second kappa shape index (κ2) is 4.66. The van der Waals surface area contributed by atoms with Crippen molar-refractivity contribution in [3.05, 3.63) is 29.3 Å². The number of amides is 1. The summed E-state index contributed by atoms with van der Waals surface area (Å²) in [6.45, 7) is 4.70. The third kappa shape index (κ3) is 2.25. The van der Waals surface area contributed by atoms with Gasteiger partial charge in [0.1, 0.15) is 6.10 Å². The molecule has 1 aliphatic heterocycles. The number of nitrogens with one attached hydrogen (secondary N) is 1. The Bertz CT molecular complexity index is 375. The number of hydrogen-bond donors (Lipinski definition) is 1. The molecule has 0 aliphatic carbocycles. The summed E-state index contributed by atoms with van der Waals surface area (Å²) in [6.07, 6.45) is 1.54. The Morgan fingerprint density at radius 1 is 1.38 bits per heavy atom. The van der Waals surface area contributed by atoms with E-state index in [4.69, 9.17) is 4.74 Å². The first kappa shape index (κ1) is 11.1. The van der Waals surface area contributed by atoms with Crippen molar-refractivity contribution in [2.75, 3.05) is 11.9 Å². The molecule has 3 heteroatoms. The largest absolute Gasteiger partial charge is 0.368 e. The van der Waals surface area contributed by atoms with Crippen molar-refractivity contribution in [2.45, 2.75) is 32.8 Å². The average molecular weight is 219 g/mol. The Labute approximate surface area is 95.8 Å². The first-order valence-electron chi connectivity index (χ1n) is 5.67. The molecular weight excluding hydrogens is 202 g/mol. The Balaban J connectivity index is 2.11. The van der Waals surface area contributed by atoms with E-state index in [0.717, 1.165) is 29.7 Å². The predicted molar refractivity (Wildman–Crippen MR) is 63.5 cm³/mol. The van der Waals surface area contributed by atoms with E-state index in [2.05, 4.69) is 5.32 Å². The number of aryl methyl sites for hydroxylation is 2. The third-order valence-electron chi connectivity index (χ3n) is 2.95. The molecule has 0 spiro atoms. The molecule has 1 fully saturated rings. The number of anilines is 1. The maximum atomic E-state index is 11.9. The van der Waals surface area contributed by atoms with Gasteiger partial charge in [-0.3, -0.25) is 4.79 Å². The highest BCUT2D eigenvalue weighted by molar-refractivity contribution is 5.95. The molecule has 0 saturated carbocycles. The van der Waals surface area contributed by atoms with Crippen LogP contribution in [0, 0.1) is 13.8 Å². The Hall–Kier alpha value is -1.35. The van der Waals surface area contributed by atoms with Crippen LogP contribution in [0.2, 0.25) is 0 Å². The molecule has 86 valence electrons. The van der Waals surface area contributed by atoms with Gasteiger partial charge in [0.25, 0.3) is 5.91 Å². The van der Waals surface area contributed by atoms with E-state index in [1.54, 1.807) is 0 Å². The van der Waals surface area contributed by atoms with Crippen LogP contribution in [0.5, 0.6) is 0 Å². The number of ether oxygens (including phenoxy) is 1. The molecule has 0 unspecified atom stereocenters. The molecule has 3 nitrogen and oxygen atoms in total. The van der Waals surface area contributed by atoms with Gasteiger partial charge >= 0.3 is 0 Å². The van der Waals surface area contributed by atoms with E-state index in [0.29, 0.717) is 6.61 Å². The van der Waals surface area contributed by atoms with Gasteiger partial charge in [-0.25, -0.2) is 0 Å². The van der Waals surface area contributed by atoms with Gasteiger partial charge in [-0.05, 0) is 37.8 Å². The van der Waals surface area contributed by atoms with E-state index in [1.165, 1.54) is 0 Å². The summed E-state index contributed by atoms with van der Waals surface area (Å²) in [5, 5.41) is 2.96. The minimum Gasteiger partial charge on any atom is -0.368 e. The molecule has 1 heterocycles. The molecule has 0 bridgehead atoms. The lowest BCUT2D eigenvalue weighted by Gasteiger charge is -2.14. The number of carbonyl (C=O) groups is 1. The van der Waals surface area contributed by atoms with E-state index in [9.17, 15) is 4.79 Å². The van der Waals surface area contributed by atoms with Crippen molar-refractivity contribution in [1.82, 2.24) is 0 Å². The predicted octanol–water partition coefficient (Wildman–Crippen LogP) is 2.42. The number of para-hydroxylation sites is 1. The lowest BCUT2D eigenvalue weighted by Crippen LogP contribution is -2.27. The topological polar surface area (TPSA) is 38.3 Å². The maximum Gasteiger partial charge on any atom is 0.253 e. The maximum absolute atomic E-state index is 11.9. The monoisotopic (exact) mass is 219 g/mol. The van der Waals surface area contributed by atoms with Crippen LogP contribution in [0.15, 0.2) is 18.2 Å². The van der Waals surface area contributed by atoms with E-state index in [-0.39, 0.29) is 12.0 Å². The van der Waals surface area contributed by atoms with Crippen molar-refractivity contribution in [1.29, 1.82) is 0 Å². The van der Waals surface area contributed by atoms with Crippen LogP contribution in [0.4, 0.5) is 5.69 Å². The zero-order chi connectivity index (χ0) is 11.5. The molecule has 1 N–H and O–H groups in total. The summed E-state index contributed by atoms with van der Waals surface area (Å²) in [5.74, 6) is -0.0186. The van der Waals surface area contributed by atoms with Gasteiger partial charge in [0.15, 0.2) is 0 Å². The van der Waals surface area contributed by atoms with Crippen LogP contribution in [0.25, 0.3) is 0 Å². The first-order chi connectivity index (χ1) is 7.68. The Morgan fingerprint density at radius 3 is 2.62 bits per heavy atom. The molecule has 1 aliphatic rings. The van der Waals surface area contributed by atoms with E-state index in [1.807, 2.05) is 32.0 Å². The zero-order valence-corrected chi connectivity index (χ0v) is 9.75. The van der Waals surface area contributed by atoms with Gasteiger partial charge in [-0.15, -0.1) is 0 Å². The lowest BCUT2D eigenvalue weighted by molar-refractivity contribution is -0.124. The normalized spacial score (nSPS) is 19.8. The molecule has 1 amide bonds. The summed E-state index contributed by atoms with van der Waals surface area (Å²) in [4.78, 5) is 11.9. The molecular formula is C13H17NO2. The number of carbonyl (C=O) groups excluding carboxylic acids is 1. The standard InChI is InChI=1S/C13H17NO2/c1-9-5-3-6-10(2)12(9)14-13(15)11-7-4-8-16-11/h3,5-6,11H,4,7-8H2,1-2H3,(H,14,15)/t11-/m0/s1. The zero-order valence-electron chi connectivity index (χ0n) is 9.75. The highest BCUT2D eigenvalue weighted by atomic mass is 16.5. The SMILES string of the molecule is Cc1cccc(C)c1NC(=O)[C@@H]1CCCO1. The second-order valence-electron chi connectivity index (χ2n) is 4.26. The third-order valence-corrected chi connectivity index (χ3v) is 2.95. The summed E-state index contributed by atoms with van der Waals surface area (Å²) in [7, 11) is 0. The van der Waals surface area contributed by atoms with Crippen molar-refractivity contribution >= 4 is 11.6 Å². The van der Waals surface area contributed by atoms with Crippen LogP contribution in [-0.4, -0.2) is 18.6 Å². The minimum absolute atomic E-state index is 0.0186. The molecule has 16 heavy (non-hydrogen) atoms. The quantitative estimate of drug-likeness (QED) is 0.829. The van der Waals surface area contributed by atoms with Crippen molar-refractivity contribution in [3.8, 4) is 0 Å². The molecule has 1 atom stereocenters. The van der Waals surface area contributed by atoms with Crippen molar-refractivity contribution in [2.24, 2.45) is 0 Å². The fourth-order valence-electron chi connectivity index (χ4n) is 2.00. The average Bonchev–Trinajstić information content (AvgIpc) is 2.76. The van der Waals surface area contributed by atoms with Gasteiger partial charge in [-0.2, -0.15) is 0 Å². The fourth-order valence-corrected chi connectivity index (χ4v) is 2.00. The van der Waals surface area contributed by atoms with Gasteiger partial charge in [0.2, 0.25) is 0 Å². The van der Waals surface area contributed by atoms with Gasteiger partial charge in [0.05, 0.1) is 0 Å². The fraction of sp³-hybridized carbons (Fsp3) is 0.462. The highest BCUT2D eigenvalue weighted by Gasteiger charge is 2.24. The lowest BCUT2D eigenvalue weighted by atomic mass is 10.1. The van der Waals surface area contributed by atoms with Crippen molar-refractivity contribution in [3.63, 3.8) is 0 Å². The van der Waals surface area contributed by atoms with Crippen LogP contribution in [0.1, 0.15) is 24.0 Å². The minimum atomic E-state index is -0.265. The highest BCUT2D eigenvalue weighted by Crippen LogP contribution is 2.21. The van der Waals surface area contributed by atoms with Gasteiger partial charge < -0.3 is 10.1 Å². The molecule has 1 saturated heterocycles. The molecule has 0 radical (unpaired) electrons. The van der Waals surface area contributed by atoms with Gasteiger partial charge in [-0.1, -0.05) is 18.2 Å². The molecule has 2 rings (SSSR count). The van der Waals surface area contributed by atoms with Crippen molar-refractivity contribution < 1.29 is 9.53 Å². The van der Waals surface area contributed by atoms with Crippen LogP contribution < -0.4 is 5.32 Å². The Morgan fingerprint density at radius 2 is 2.06 bits per heavy atom. The Kier molecular flexibility index (Phi) is 3.25. The van der Waals surface area contributed by atoms with Crippen LogP contribution in [-0.2, 0) is 9.53 Å². The molecule has 1 aromatic rings. The van der Waals surface area contributed by atoms with E-state index < -0.39 is 0 Å². The number of hydrogen-bond acceptors (Lipinski definition) is 2. The number of benzene rings is 1. The van der Waals surface area contributed by atoms with Crippen LogP contribution >= 0.6 is 0 Å². The van der Waals surface area contributed by atoms with Crippen LogP contribution in [0.3, 0.4) is 0 Å². The smallest absolute Gasteiger partial charge is 0.253 e. The summed E-state index contributed by atoms with van der Waals surface area (Å²) < 4.78 is 5.35.